The van der Waals surface area contributed by atoms with Crippen LogP contribution in [0.1, 0.15) is 50.2 Å². The van der Waals surface area contributed by atoms with E-state index in [0.717, 1.165) is 41.8 Å². The maximum Gasteiger partial charge on any atom is 0.244 e. The lowest BCUT2D eigenvalue weighted by molar-refractivity contribution is -0.140. The molecule has 0 bridgehead atoms. The minimum Gasteiger partial charge on any atom is -0.352 e. The molecule has 10 heteroatoms. The van der Waals surface area contributed by atoms with E-state index in [-0.39, 0.29) is 18.5 Å². The molecule has 3 rings (SSSR count). The summed E-state index contributed by atoms with van der Waals surface area (Å²) >= 11 is 12.8. The first-order chi connectivity index (χ1) is 17.0. The number of sulfonamides is 1. The molecule has 0 saturated heterocycles. The Kier molecular flexibility index (Phi) is 9.66. The first kappa shape index (κ1) is 28.3. The van der Waals surface area contributed by atoms with Gasteiger partial charge < -0.3 is 10.2 Å². The fourth-order valence-electron chi connectivity index (χ4n) is 4.54. The lowest BCUT2D eigenvalue weighted by Gasteiger charge is -2.33. The van der Waals surface area contributed by atoms with Gasteiger partial charge in [-0.3, -0.25) is 13.9 Å². The maximum atomic E-state index is 13.8. The largest absolute Gasteiger partial charge is 0.352 e. The number of carbonyl (C=O) groups excluding carboxylic acids is 2. The van der Waals surface area contributed by atoms with E-state index in [4.69, 9.17) is 23.2 Å². The minimum absolute atomic E-state index is 0.0284. The van der Waals surface area contributed by atoms with Crippen molar-refractivity contribution in [3.63, 3.8) is 0 Å². The number of amides is 2. The zero-order valence-electron chi connectivity index (χ0n) is 20.8. The van der Waals surface area contributed by atoms with Gasteiger partial charge in [-0.2, -0.15) is 0 Å². The molecule has 2 amide bonds. The number of hydrogen-bond acceptors (Lipinski definition) is 4. The quantitative estimate of drug-likeness (QED) is 0.451. The Morgan fingerprint density at radius 3 is 2.25 bits per heavy atom. The first-order valence-electron chi connectivity index (χ1n) is 12.1. The molecule has 36 heavy (non-hydrogen) atoms. The molecule has 1 aliphatic rings. The normalized spacial score (nSPS) is 14.9. The van der Waals surface area contributed by atoms with Crippen LogP contribution in [0, 0.1) is 6.92 Å². The number of halogens is 2. The first-order valence-corrected chi connectivity index (χ1v) is 14.7. The third-order valence-corrected chi connectivity index (χ3v) is 8.30. The monoisotopic (exact) mass is 553 g/mol. The molecule has 0 aromatic heterocycles. The smallest absolute Gasteiger partial charge is 0.244 e. The van der Waals surface area contributed by atoms with E-state index in [1.165, 1.54) is 4.90 Å². The van der Waals surface area contributed by atoms with E-state index in [0.29, 0.717) is 27.7 Å². The summed E-state index contributed by atoms with van der Waals surface area (Å²) in [6.45, 7) is 3.18. The molecule has 1 saturated carbocycles. The fourth-order valence-corrected chi connectivity index (χ4v) is 5.90. The zero-order chi connectivity index (χ0) is 26.5. The molecule has 1 fully saturated rings. The summed E-state index contributed by atoms with van der Waals surface area (Å²) in [5, 5.41) is 3.80. The van der Waals surface area contributed by atoms with Crippen molar-refractivity contribution in [2.75, 3.05) is 17.1 Å². The van der Waals surface area contributed by atoms with Crippen molar-refractivity contribution in [2.24, 2.45) is 0 Å². The highest BCUT2D eigenvalue weighted by molar-refractivity contribution is 7.92. The summed E-state index contributed by atoms with van der Waals surface area (Å²) in [4.78, 5) is 28.5. The summed E-state index contributed by atoms with van der Waals surface area (Å²) < 4.78 is 26.5. The molecular formula is C26H33Cl2N3O4S. The maximum absolute atomic E-state index is 13.8. The summed E-state index contributed by atoms with van der Waals surface area (Å²) in [5.41, 5.74) is 1.74. The number of hydrogen-bond donors (Lipinski definition) is 1. The van der Waals surface area contributed by atoms with Crippen LogP contribution in [0.5, 0.6) is 0 Å². The van der Waals surface area contributed by atoms with Crippen LogP contribution in [0.25, 0.3) is 0 Å². The highest BCUT2D eigenvalue weighted by Crippen LogP contribution is 2.28. The van der Waals surface area contributed by atoms with Gasteiger partial charge in [-0.25, -0.2) is 8.42 Å². The van der Waals surface area contributed by atoms with Crippen molar-refractivity contribution >= 4 is 50.7 Å². The van der Waals surface area contributed by atoms with Crippen LogP contribution >= 0.6 is 23.2 Å². The lowest BCUT2D eigenvalue weighted by atomic mass is 10.1. The van der Waals surface area contributed by atoms with E-state index in [1.54, 1.807) is 36.4 Å². The van der Waals surface area contributed by atoms with Gasteiger partial charge in [0.25, 0.3) is 0 Å². The van der Waals surface area contributed by atoms with E-state index in [2.05, 4.69) is 5.32 Å². The van der Waals surface area contributed by atoms with Crippen LogP contribution in [0.4, 0.5) is 5.69 Å². The van der Waals surface area contributed by atoms with Gasteiger partial charge in [0.2, 0.25) is 21.8 Å². The summed E-state index contributed by atoms with van der Waals surface area (Å²) in [5.74, 6) is -0.784. The van der Waals surface area contributed by atoms with Crippen molar-refractivity contribution in [3.05, 3.63) is 63.6 Å². The molecule has 1 N–H and O–H groups in total. The predicted octanol–water partition coefficient (Wildman–Crippen LogP) is 4.93. The average Bonchev–Trinajstić information content (AvgIpc) is 3.31. The van der Waals surface area contributed by atoms with Crippen molar-refractivity contribution < 1.29 is 18.0 Å². The highest BCUT2D eigenvalue weighted by atomic mass is 35.5. The Hall–Kier alpha value is -2.29. The standard InChI is InChI=1S/C26H33Cl2N3O4S/c1-4-24(26(33)29-19-10-5-6-11-19)30(16-21-22(27)13-8-14-23(21)28)25(32)17-31(36(3,34)35)20-12-7-9-18(2)15-20/h7-9,12-15,19,24H,4-6,10-11,16-17H2,1-3H3,(H,29,33). The number of nitrogens with zero attached hydrogens (tertiary/aromatic N) is 2. The average molecular weight is 555 g/mol. The minimum atomic E-state index is -3.79. The van der Waals surface area contributed by atoms with Crippen LogP contribution in [0.2, 0.25) is 10.0 Å². The van der Waals surface area contributed by atoms with Crippen LogP contribution in [-0.4, -0.2) is 50.0 Å². The van der Waals surface area contributed by atoms with Crippen LogP contribution in [-0.2, 0) is 26.2 Å². The second kappa shape index (κ2) is 12.3. The van der Waals surface area contributed by atoms with Crippen molar-refractivity contribution in [3.8, 4) is 0 Å². The molecule has 1 atom stereocenters. The number of anilines is 1. The topological polar surface area (TPSA) is 86.8 Å². The van der Waals surface area contributed by atoms with Gasteiger partial charge in [-0.1, -0.05) is 61.2 Å². The highest BCUT2D eigenvalue weighted by Gasteiger charge is 2.33. The Bertz CT molecular complexity index is 1180. The summed E-state index contributed by atoms with van der Waals surface area (Å²) in [7, 11) is -3.79. The lowest BCUT2D eigenvalue weighted by Crippen LogP contribution is -2.53. The molecule has 2 aromatic rings. The van der Waals surface area contributed by atoms with Gasteiger partial charge in [-0.15, -0.1) is 0 Å². The number of carbonyl (C=O) groups is 2. The summed E-state index contributed by atoms with van der Waals surface area (Å²) in [6, 6.07) is 11.2. The van der Waals surface area contributed by atoms with Gasteiger partial charge in [-0.05, 0) is 56.0 Å². The molecule has 0 spiro atoms. The molecule has 0 radical (unpaired) electrons. The Balaban J connectivity index is 1.97. The molecule has 2 aromatic carbocycles. The molecular weight excluding hydrogens is 521 g/mol. The number of benzene rings is 2. The predicted molar refractivity (Wildman–Crippen MR) is 145 cm³/mol. The zero-order valence-corrected chi connectivity index (χ0v) is 23.2. The Morgan fingerprint density at radius 1 is 1.08 bits per heavy atom. The van der Waals surface area contributed by atoms with E-state index in [1.807, 2.05) is 19.9 Å². The molecule has 7 nitrogen and oxygen atoms in total. The second-order valence-electron chi connectivity index (χ2n) is 9.24. The molecule has 1 unspecified atom stereocenters. The SMILES string of the molecule is CCC(C(=O)NC1CCCC1)N(Cc1c(Cl)cccc1Cl)C(=O)CN(c1cccc(C)c1)S(C)(=O)=O. The van der Waals surface area contributed by atoms with Crippen molar-refractivity contribution in [2.45, 2.75) is 64.6 Å². The van der Waals surface area contributed by atoms with Crippen molar-refractivity contribution in [1.82, 2.24) is 10.2 Å². The Labute approximate surface area is 223 Å². The van der Waals surface area contributed by atoms with Gasteiger partial charge in [0.05, 0.1) is 11.9 Å². The third-order valence-electron chi connectivity index (χ3n) is 6.45. The second-order valence-corrected chi connectivity index (χ2v) is 12.0. The van der Waals surface area contributed by atoms with Crippen LogP contribution in [0.3, 0.4) is 0 Å². The number of nitrogens with one attached hydrogen (secondary N) is 1. The van der Waals surface area contributed by atoms with E-state index < -0.39 is 28.5 Å². The molecule has 0 heterocycles. The van der Waals surface area contributed by atoms with Gasteiger partial charge >= 0.3 is 0 Å². The third kappa shape index (κ3) is 7.14. The van der Waals surface area contributed by atoms with Crippen LogP contribution in [0.15, 0.2) is 42.5 Å². The van der Waals surface area contributed by atoms with Gasteiger partial charge in [0, 0.05) is 28.2 Å². The van der Waals surface area contributed by atoms with Gasteiger partial charge in [0.1, 0.15) is 12.6 Å². The van der Waals surface area contributed by atoms with E-state index in [9.17, 15) is 18.0 Å². The molecule has 0 aliphatic heterocycles. The molecule has 196 valence electrons. The van der Waals surface area contributed by atoms with Crippen LogP contribution < -0.4 is 9.62 Å². The molecule has 1 aliphatic carbocycles. The van der Waals surface area contributed by atoms with Crippen molar-refractivity contribution in [1.29, 1.82) is 0 Å². The van der Waals surface area contributed by atoms with E-state index >= 15 is 0 Å². The fraction of sp³-hybridized carbons (Fsp3) is 0.462. The number of aryl methyl sites for hydroxylation is 1. The number of rotatable bonds is 10. The Morgan fingerprint density at radius 2 is 1.69 bits per heavy atom. The summed E-state index contributed by atoms with van der Waals surface area (Å²) in [6.07, 6.45) is 5.32. The van der Waals surface area contributed by atoms with Gasteiger partial charge in [0.15, 0.2) is 0 Å².